The summed E-state index contributed by atoms with van der Waals surface area (Å²) in [5.41, 5.74) is 3.15. The lowest BCUT2D eigenvalue weighted by Crippen LogP contribution is -2.21. The Hall–Kier alpha value is -3.22. The molecule has 0 saturated heterocycles. The van der Waals surface area contributed by atoms with Crippen LogP contribution in [0.15, 0.2) is 117 Å². The van der Waals surface area contributed by atoms with E-state index in [0.717, 1.165) is 22.9 Å². The normalized spacial score (nSPS) is 17.7. The van der Waals surface area contributed by atoms with Crippen LogP contribution < -0.4 is 9.80 Å². The molecule has 0 spiro atoms. The van der Waals surface area contributed by atoms with Gasteiger partial charge in [-0.3, -0.25) is 9.69 Å². The van der Waals surface area contributed by atoms with E-state index < -0.39 is 0 Å². The van der Waals surface area contributed by atoms with Crippen LogP contribution in [-0.2, 0) is 4.79 Å². The van der Waals surface area contributed by atoms with E-state index in [-0.39, 0.29) is 5.91 Å². The summed E-state index contributed by atoms with van der Waals surface area (Å²) in [7, 11) is 0. The Kier molecular flexibility index (Phi) is 5.88. The second-order valence-corrected chi connectivity index (χ2v) is 9.23. The fraction of sp³-hybridized carbons (Fsp3) is 0.0769. The van der Waals surface area contributed by atoms with E-state index in [1.54, 1.807) is 11.8 Å². The lowest BCUT2D eigenvalue weighted by Gasteiger charge is -2.23. The zero-order chi connectivity index (χ0) is 21.9. The monoisotopic (exact) mass is 455 g/mol. The number of hydrogen-bond acceptors (Lipinski definition) is 5. The molecule has 2 heterocycles. The fourth-order valence-electron chi connectivity index (χ4n) is 3.68. The first-order valence-corrected chi connectivity index (χ1v) is 12.1. The predicted molar refractivity (Wildman–Crippen MR) is 137 cm³/mol. The van der Waals surface area contributed by atoms with E-state index in [4.69, 9.17) is 0 Å². The Morgan fingerprint density at radius 3 is 2.12 bits per heavy atom. The topological polar surface area (TPSA) is 35.9 Å². The number of thioether (sulfide) groups is 2. The Balaban J connectivity index is 1.43. The van der Waals surface area contributed by atoms with E-state index in [9.17, 15) is 4.79 Å². The molecule has 158 valence electrons. The number of fused-ring (bicyclic) bond motifs is 1. The number of aliphatic imine (C=N–C) groups is 1. The third-order valence-corrected chi connectivity index (χ3v) is 7.28. The number of amidine groups is 1. The summed E-state index contributed by atoms with van der Waals surface area (Å²) < 4.78 is 0. The van der Waals surface area contributed by atoms with Gasteiger partial charge in [0.2, 0.25) is 0 Å². The molecule has 32 heavy (non-hydrogen) atoms. The Morgan fingerprint density at radius 1 is 0.844 bits per heavy atom. The van der Waals surface area contributed by atoms with Crippen LogP contribution in [-0.4, -0.2) is 17.6 Å². The molecule has 0 radical (unpaired) electrons. The number of carbonyl (C=O) groups excluding carboxylic acids is 1. The van der Waals surface area contributed by atoms with Crippen LogP contribution in [0.1, 0.15) is 6.92 Å². The van der Waals surface area contributed by atoms with Gasteiger partial charge in [-0.1, -0.05) is 60.3 Å². The minimum absolute atomic E-state index is 0.206. The quantitative estimate of drug-likeness (QED) is 0.404. The van der Waals surface area contributed by atoms with Crippen molar-refractivity contribution >= 4 is 51.7 Å². The molecule has 0 bridgehead atoms. The molecule has 6 heteroatoms. The van der Waals surface area contributed by atoms with Crippen LogP contribution in [0.4, 0.5) is 17.1 Å². The zero-order valence-electron chi connectivity index (χ0n) is 17.5. The Bertz CT molecular complexity index is 1200. The summed E-state index contributed by atoms with van der Waals surface area (Å²) in [5.74, 6) is -0.206. The van der Waals surface area contributed by atoms with Crippen LogP contribution in [0.5, 0.6) is 0 Å². The first-order valence-electron chi connectivity index (χ1n) is 10.4. The fourth-order valence-corrected chi connectivity index (χ4v) is 5.71. The molecule has 0 atom stereocenters. The summed E-state index contributed by atoms with van der Waals surface area (Å²) in [4.78, 5) is 23.3. The third kappa shape index (κ3) is 3.99. The highest BCUT2D eigenvalue weighted by Gasteiger charge is 2.28. The molecule has 0 fully saturated rings. The van der Waals surface area contributed by atoms with Crippen LogP contribution >= 0.6 is 23.5 Å². The molecule has 0 unspecified atom stereocenters. The molecular formula is C26H21N3OS2. The van der Waals surface area contributed by atoms with Gasteiger partial charge in [0.25, 0.3) is 5.91 Å². The van der Waals surface area contributed by atoms with Crippen LogP contribution in [0, 0.1) is 0 Å². The van der Waals surface area contributed by atoms with Crippen LogP contribution in [0.25, 0.3) is 0 Å². The van der Waals surface area contributed by atoms with Crippen molar-refractivity contribution in [2.75, 3.05) is 16.3 Å². The van der Waals surface area contributed by atoms with Gasteiger partial charge in [0.1, 0.15) is 0 Å². The highest BCUT2D eigenvalue weighted by Crippen LogP contribution is 2.46. The molecule has 2 aliphatic heterocycles. The summed E-state index contributed by atoms with van der Waals surface area (Å²) in [6, 6.07) is 28.4. The number of para-hydroxylation sites is 3. The predicted octanol–water partition coefficient (Wildman–Crippen LogP) is 6.81. The minimum Gasteiger partial charge on any atom is -0.335 e. The smallest absolute Gasteiger partial charge is 0.286 e. The number of amides is 1. The first-order chi connectivity index (χ1) is 15.7. The lowest BCUT2D eigenvalue weighted by atomic mass is 10.2. The van der Waals surface area contributed by atoms with E-state index in [1.165, 1.54) is 22.3 Å². The maximum Gasteiger partial charge on any atom is 0.286 e. The molecule has 5 rings (SSSR count). The van der Waals surface area contributed by atoms with E-state index in [2.05, 4.69) is 41.1 Å². The first kappa shape index (κ1) is 20.7. The third-order valence-electron chi connectivity index (χ3n) is 5.16. The second-order valence-electron chi connectivity index (χ2n) is 7.16. The van der Waals surface area contributed by atoms with Crippen molar-refractivity contribution in [1.82, 2.24) is 0 Å². The highest BCUT2D eigenvalue weighted by atomic mass is 32.2. The molecule has 4 nitrogen and oxygen atoms in total. The Labute approximate surface area is 196 Å². The standard InChI is InChI=1S/C26H21N3OS2/c1-2-28-21-15-9-10-16-22(21)31-24(28)18-17-23-25(30)27-26(32-23)29(19-11-5-3-6-12-19)20-13-7-4-8-14-20/h3-18H,2H2,1H3/b23-17-,24-18+. The zero-order valence-corrected chi connectivity index (χ0v) is 19.1. The summed E-state index contributed by atoms with van der Waals surface area (Å²) in [6.45, 7) is 3.01. The van der Waals surface area contributed by atoms with Gasteiger partial charge in [0.05, 0.1) is 15.6 Å². The van der Waals surface area contributed by atoms with Crippen LogP contribution in [0.3, 0.4) is 0 Å². The van der Waals surface area contributed by atoms with Gasteiger partial charge in [-0.2, -0.15) is 4.99 Å². The van der Waals surface area contributed by atoms with E-state index in [0.29, 0.717) is 10.1 Å². The number of anilines is 3. The van der Waals surface area contributed by atoms with Gasteiger partial charge in [-0.15, -0.1) is 0 Å². The van der Waals surface area contributed by atoms with Crippen molar-refractivity contribution in [3.05, 3.63) is 107 Å². The summed E-state index contributed by atoms with van der Waals surface area (Å²) >= 11 is 3.14. The van der Waals surface area contributed by atoms with Crippen molar-refractivity contribution in [2.45, 2.75) is 11.8 Å². The van der Waals surface area contributed by atoms with Crippen LogP contribution in [0.2, 0.25) is 0 Å². The van der Waals surface area contributed by atoms with Gasteiger partial charge in [0.15, 0.2) is 5.17 Å². The lowest BCUT2D eigenvalue weighted by molar-refractivity contribution is -0.113. The van der Waals surface area contributed by atoms with Gasteiger partial charge in [-0.25, -0.2) is 0 Å². The number of hydrogen-bond donors (Lipinski definition) is 0. The van der Waals surface area contributed by atoms with E-state index in [1.807, 2.05) is 77.7 Å². The largest absolute Gasteiger partial charge is 0.335 e. The number of benzene rings is 3. The molecule has 1 amide bonds. The molecule has 0 aromatic heterocycles. The number of allylic oxidation sites excluding steroid dienone is 2. The average molecular weight is 456 g/mol. The average Bonchev–Trinajstić information content (AvgIpc) is 3.38. The molecule has 3 aromatic rings. The molecule has 3 aromatic carbocycles. The Morgan fingerprint density at radius 2 is 1.47 bits per heavy atom. The summed E-state index contributed by atoms with van der Waals surface area (Å²) in [5, 5.41) is 1.78. The molecule has 0 N–H and O–H groups in total. The van der Waals surface area contributed by atoms with Crippen molar-refractivity contribution in [3.63, 3.8) is 0 Å². The number of carbonyl (C=O) groups is 1. The van der Waals surface area contributed by atoms with Gasteiger partial charge in [-0.05, 0) is 67.2 Å². The minimum atomic E-state index is -0.206. The van der Waals surface area contributed by atoms with Crippen molar-refractivity contribution in [2.24, 2.45) is 4.99 Å². The second kappa shape index (κ2) is 9.10. The summed E-state index contributed by atoms with van der Waals surface area (Å²) in [6.07, 6.45) is 3.93. The maximum absolute atomic E-state index is 12.8. The molecular weight excluding hydrogens is 434 g/mol. The maximum atomic E-state index is 12.8. The SMILES string of the molecule is CCN1/C(=C\C=C2/SC(N(c3ccccc3)c3ccccc3)=NC2=O)Sc2ccccc21. The molecule has 0 aliphatic carbocycles. The molecule has 0 saturated carbocycles. The van der Waals surface area contributed by atoms with Crippen molar-refractivity contribution in [1.29, 1.82) is 0 Å². The highest BCUT2D eigenvalue weighted by molar-refractivity contribution is 8.18. The van der Waals surface area contributed by atoms with Crippen molar-refractivity contribution < 1.29 is 4.79 Å². The molecule has 2 aliphatic rings. The van der Waals surface area contributed by atoms with Gasteiger partial charge in [0, 0.05) is 22.8 Å². The number of rotatable bonds is 4. The van der Waals surface area contributed by atoms with E-state index >= 15 is 0 Å². The van der Waals surface area contributed by atoms with Crippen molar-refractivity contribution in [3.8, 4) is 0 Å². The number of nitrogens with zero attached hydrogens (tertiary/aromatic N) is 3. The van der Waals surface area contributed by atoms with Gasteiger partial charge >= 0.3 is 0 Å². The van der Waals surface area contributed by atoms with Gasteiger partial charge < -0.3 is 4.90 Å².